The van der Waals surface area contributed by atoms with Crippen LogP contribution in [0.25, 0.3) is 33.3 Å². The van der Waals surface area contributed by atoms with E-state index in [1.807, 2.05) is 16.8 Å². The van der Waals surface area contributed by atoms with Crippen molar-refractivity contribution < 1.29 is 14.7 Å². The molecule has 0 spiro atoms. The highest BCUT2D eigenvalue weighted by molar-refractivity contribution is 8.00. The maximum Gasteiger partial charge on any atom is 0.336 e. The molecule has 200 valence electrons. The van der Waals surface area contributed by atoms with Crippen molar-refractivity contribution in [2.45, 2.75) is 17.2 Å². The molecule has 0 aliphatic rings. The monoisotopic (exact) mass is 576 g/mol. The van der Waals surface area contributed by atoms with E-state index in [1.54, 1.807) is 61.5 Å². The summed E-state index contributed by atoms with van der Waals surface area (Å²) in [5.41, 5.74) is 9.91. The van der Waals surface area contributed by atoms with Gasteiger partial charge in [-0.15, -0.1) is 0 Å². The number of nitrogens with zero attached hydrogens (tertiary/aromatic N) is 4. The first-order chi connectivity index (χ1) is 19.8. The number of nitrogens with one attached hydrogen (secondary N) is 1. The molecular formula is C30H20N6O3S2. The summed E-state index contributed by atoms with van der Waals surface area (Å²) in [5.74, 6) is -1.38. The Balaban J connectivity index is 1.36. The Morgan fingerprint density at radius 1 is 1.02 bits per heavy atom. The topological polar surface area (TPSA) is 166 Å². The normalized spacial score (nSPS) is 11.4. The Morgan fingerprint density at radius 2 is 1.76 bits per heavy atom. The number of carboxylic acid groups (broad SMARTS) is 1. The van der Waals surface area contributed by atoms with Crippen LogP contribution in [-0.2, 0) is 4.79 Å². The number of nitrogens with two attached hydrogens (primary N) is 1. The van der Waals surface area contributed by atoms with Crippen LogP contribution in [0.4, 0.5) is 11.5 Å². The lowest BCUT2D eigenvalue weighted by Crippen LogP contribution is -2.22. The van der Waals surface area contributed by atoms with Gasteiger partial charge in [0, 0.05) is 22.2 Å². The number of carbonyl (C=O) groups excluding carboxylic acids is 1. The van der Waals surface area contributed by atoms with Crippen LogP contribution in [0, 0.1) is 22.7 Å². The van der Waals surface area contributed by atoms with E-state index in [0.717, 1.165) is 11.8 Å². The van der Waals surface area contributed by atoms with E-state index in [1.165, 1.54) is 17.4 Å². The quantitative estimate of drug-likeness (QED) is 0.192. The minimum absolute atomic E-state index is 0.00764. The highest BCUT2D eigenvalue weighted by atomic mass is 32.2. The number of para-hydroxylation sites is 1. The third-order valence-electron chi connectivity index (χ3n) is 6.28. The highest BCUT2D eigenvalue weighted by Crippen LogP contribution is 2.38. The first-order valence-electron chi connectivity index (χ1n) is 12.2. The van der Waals surface area contributed by atoms with E-state index in [0.29, 0.717) is 39.0 Å². The predicted molar refractivity (Wildman–Crippen MR) is 159 cm³/mol. The molecular weight excluding hydrogens is 557 g/mol. The number of carboxylic acids is 1. The smallest absolute Gasteiger partial charge is 0.336 e. The number of pyridine rings is 2. The van der Waals surface area contributed by atoms with Crippen LogP contribution in [0.15, 0.2) is 76.4 Å². The zero-order chi connectivity index (χ0) is 29.1. The molecule has 0 fully saturated rings. The minimum Gasteiger partial charge on any atom is -0.478 e. The summed E-state index contributed by atoms with van der Waals surface area (Å²) in [4.78, 5) is 33.7. The number of rotatable bonds is 7. The molecule has 1 atom stereocenters. The summed E-state index contributed by atoms with van der Waals surface area (Å²) >= 11 is 2.50. The number of fused-ring (bicyclic) bond motifs is 1. The third-order valence-corrected chi connectivity index (χ3v) is 8.05. The molecule has 0 saturated carbocycles. The maximum absolute atomic E-state index is 13.1. The van der Waals surface area contributed by atoms with Crippen molar-refractivity contribution in [3.63, 3.8) is 0 Å². The predicted octanol–water partition coefficient (Wildman–Crippen LogP) is 6.17. The molecule has 0 aliphatic heterocycles. The zero-order valence-electron chi connectivity index (χ0n) is 21.5. The van der Waals surface area contributed by atoms with Crippen LogP contribution >= 0.6 is 23.1 Å². The van der Waals surface area contributed by atoms with Crippen molar-refractivity contribution in [1.82, 2.24) is 9.97 Å². The molecule has 1 amide bonds. The van der Waals surface area contributed by atoms with Crippen molar-refractivity contribution in [2.24, 2.45) is 0 Å². The summed E-state index contributed by atoms with van der Waals surface area (Å²) in [6.45, 7) is 1.68. The first-order valence-corrected chi connectivity index (χ1v) is 14.0. The number of thioether (sulfide) groups is 1. The molecule has 2 aromatic carbocycles. The largest absolute Gasteiger partial charge is 0.478 e. The molecule has 3 heterocycles. The van der Waals surface area contributed by atoms with Crippen LogP contribution in [-0.4, -0.2) is 32.2 Å². The molecule has 41 heavy (non-hydrogen) atoms. The van der Waals surface area contributed by atoms with Gasteiger partial charge in [0.1, 0.15) is 28.5 Å². The highest BCUT2D eigenvalue weighted by Gasteiger charge is 2.24. The van der Waals surface area contributed by atoms with Crippen LogP contribution < -0.4 is 11.1 Å². The third kappa shape index (κ3) is 5.45. The fraction of sp³-hybridized carbons (Fsp3) is 0.0667. The number of nitriles is 2. The SMILES string of the molecule is CC(Sc1nc(N)c(C#N)c(-c2ccsc2)c1C#N)C(=O)Nc1ccc(-c2cc(C(=O)O)c3ccccc3n2)cc1. The molecule has 5 aromatic rings. The van der Waals surface area contributed by atoms with Gasteiger partial charge in [-0.3, -0.25) is 4.79 Å². The first kappa shape index (κ1) is 27.3. The van der Waals surface area contributed by atoms with Gasteiger partial charge in [0.2, 0.25) is 5.91 Å². The Hall–Kier alpha value is -5.23. The minimum atomic E-state index is -1.04. The standard InChI is InChI=1S/C30H20N6O3S2/c1-16(41-29-23(14-32)26(18-10-11-40-15-18)22(13-31)27(33)36-29)28(37)34-19-8-6-17(7-9-19)25-12-21(30(38)39)20-4-2-3-5-24(20)35-25/h2-12,15-16H,1H3,(H2,33,36)(H,34,37)(H,38,39). The van der Waals surface area contributed by atoms with Crippen molar-refractivity contribution in [3.05, 3.63) is 88.1 Å². The summed E-state index contributed by atoms with van der Waals surface area (Å²) in [7, 11) is 0. The molecule has 0 saturated heterocycles. The van der Waals surface area contributed by atoms with Crippen LogP contribution in [0.5, 0.6) is 0 Å². The fourth-order valence-electron chi connectivity index (χ4n) is 4.27. The van der Waals surface area contributed by atoms with Gasteiger partial charge in [0.05, 0.1) is 27.6 Å². The number of amides is 1. The van der Waals surface area contributed by atoms with Gasteiger partial charge in [-0.1, -0.05) is 42.1 Å². The number of nitrogen functional groups attached to an aromatic ring is 1. The Morgan fingerprint density at radius 3 is 2.41 bits per heavy atom. The van der Waals surface area contributed by atoms with Crippen molar-refractivity contribution in [2.75, 3.05) is 11.1 Å². The van der Waals surface area contributed by atoms with E-state index in [9.17, 15) is 25.2 Å². The van der Waals surface area contributed by atoms with Crippen molar-refractivity contribution >= 4 is 57.4 Å². The molecule has 0 bridgehead atoms. The van der Waals surface area contributed by atoms with Crippen LogP contribution in [0.1, 0.15) is 28.4 Å². The van der Waals surface area contributed by atoms with Crippen LogP contribution in [0.3, 0.4) is 0 Å². The summed E-state index contributed by atoms with van der Waals surface area (Å²) in [6.07, 6.45) is 0. The van der Waals surface area contributed by atoms with Gasteiger partial charge < -0.3 is 16.2 Å². The van der Waals surface area contributed by atoms with Crippen molar-refractivity contribution in [1.29, 1.82) is 10.5 Å². The number of anilines is 2. The molecule has 4 N–H and O–H groups in total. The summed E-state index contributed by atoms with van der Waals surface area (Å²) in [5, 5.41) is 35.9. The second-order valence-corrected chi connectivity index (χ2v) is 11.0. The Labute approximate surface area is 242 Å². The number of carbonyl (C=O) groups is 2. The summed E-state index contributed by atoms with van der Waals surface area (Å²) in [6, 6.07) is 21.5. The molecule has 11 heteroatoms. The van der Waals surface area contributed by atoms with Gasteiger partial charge in [0.15, 0.2) is 0 Å². The lowest BCUT2D eigenvalue weighted by atomic mass is 9.99. The molecule has 3 aromatic heterocycles. The van der Waals surface area contributed by atoms with E-state index in [-0.39, 0.29) is 33.4 Å². The Kier molecular flexibility index (Phi) is 7.66. The molecule has 0 aliphatic carbocycles. The number of benzene rings is 2. The average Bonchev–Trinajstić information content (AvgIpc) is 3.51. The number of aromatic carboxylic acids is 1. The number of thiophene rings is 1. The molecule has 0 radical (unpaired) electrons. The van der Waals surface area contributed by atoms with Crippen LogP contribution in [0.2, 0.25) is 0 Å². The summed E-state index contributed by atoms with van der Waals surface area (Å²) < 4.78 is 0. The molecule has 1 unspecified atom stereocenters. The van der Waals surface area contributed by atoms with E-state index >= 15 is 0 Å². The van der Waals surface area contributed by atoms with Gasteiger partial charge in [-0.25, -0.2) is 14.8 Å². The number of hydrogen-bond donors (Lipinski definition) is 3. The van der Waals surface area contributed by atoms with Crippen molar-refractivity contribution in [3.8, 4) is 34.5 Å². The van der Waals surface area contributed by atoms with E-state index in [2.05, 4.69) is 21.4 Å². The Bertz CT molecular complexity index is 1890. The molecule has 5 rings (SSSR count). The number of aromatic nitrogens is 2. The van der Waals surface area contributed by atoms with Gasteiger partial charge >= 0.3 is 5.97 Å². The second-order valence-electron chi connectivity index (χ2n) is 8.87. The van der Waals surface area contributed by atoms with E-state index in [4.69, 9.17) is 5.73 Å². The maximum atomic E-state index is 13.1. The van der Waals surface area contributed by atoms with Gasteiger partial charge in [0.25, 0.3) is 0 Å². The lowest BCUT2D eigenvalue weighted by Gasteiger charge is -2.15. The van der Waals surface area contributed by atoms with Gasteiger partial charge in [-0.05, 0) is 53.6 Å². The fourth-order valence-corrected chi connectivity index (χ4v) is 5.83. The second kappa shape index (κ2) is 11.5. The average molecular weight is 577 g/mol. The lowest BCUT2D eigenvalue weighted by molar-refractivity contribution is -0.115. The van der Waals surface area contributed by atoms with E-state index < -0.39 is 11.2 Å². The molecule has 9 nitrogen and oxygen atoms in total. The number of hydrogen-bond acceptors (Lipinski definition) is 9. The zero-order valence-corrected chi connectivity index (χ0v) is 23.1. The van der Waals surface area contributed by atoms with Gasteiger partial charge in [-0.2, -0.15) is 21.9 Å².